The van der Waals surface area contributed by atoms with Crippen molar-refractivity contribution in [3.05, 3.63) is 67.3 Å². The summed E-state index contributed by atoms with van der Waals surface area (Å²) in [5, 5.41) is 8.08. The van der Waals surface area contributed by atoms with Crippen molar-refractivity contribution in [3.63, 3.8) is 0 Å². The van der Waals surface area contributed by atoms with E-state index in [1.165, 1.54) is 5.69 Å². The molecular formula is C25H28N8. The molecule has 4 heterocycles. The van der Waals surface area contributed by atoms with Gasteiger partial charge in [0, 0.05) is 80.0 Å². The molecule has 1 saturated heterocycles. The maximum absolute atomic E-state index is 4.78. The van der Waals surface area contributed by atoms with E-state index >= 15 is 0 Å². The van der Waals surface area contributed by atoms with Crippen LogP contribution in [0.15, 0.2) is 67.3 Å². The number of nitrogens with zero attached hydrogens (tertiary/aromatic N) is 7. The summed E-state index contributed by atoms with van der Waals surface area (Å²) in [4.78, 5) is 18.2. The molecule has 0 unspecified atom stereocenters. The van der Waals surface area contributed by atoms with Crippen molar-refractivity contribution in [1.82, 2.24) is 29.6 Å². The predicted octanol–water partition coefficient (Wildman–Crippen LogP) is 3.92. The van der Waals surface area contributed by atoms with E-state index in [4.69, 9.17) is 10.1 Å². The molecule has 1 fully saturated rings. The lowest BCUT2D eigenvalue weighted by molar-refractivity contribution is 0.313. The third-order valence-corrected chi connectivity index (χ3v) is 5.94. The normalized spacial score (nSPS) is 14.4. The number of aromatic nitrogens is 5. The minimum Gasteiger partial charge on any atom is -0.369 e. The van der Waals surface area contributed by atoms with Crippen molar-refractivity contribution in [3.8, 4) is 22.5 Å². The molecule has 0 amide bonds. The van der Waals surface area contributed by atoms with Crippen LogP contribution < -0.4 is 10.2 Å². The highest BCUT2D eigenvalue weighted by Gasteiger charge is 2.16. The fourth-order valence-electron chi connectivity index (χ4n) is 4.01. The molecule has 3 aromatic heterocycles. The minimum absolute atomic E-state index is 0.557. The number of likely N-dealkylation sites (N-methyl/N-ethyl adjacent to an activating group) is 1. The summed E-state index contributed by atoms with van der Waals surface area (Å²) in [5.74, 6) is 0.557. The maximum atomic E-state index is 4.78. The monoisotopic (exact) mass is 440 g/mol. The van der Waals surface area contributed by atoms with Gasteiger partial charge in [0.25, 0.3) is 0 Å². The van der Waals surface area contributed by atoms with Crippen molar-refractivity contribution < 1.29 is 0 Å². The zero-order chi connectivity index (χ0) is 22.6. The number of benzene rings is 1. The number of anilines is 3. The zero-order valence-corrected chi connectivity index (χ0v) is 19.0. The summed E-state index contributed by atoms with van der Waals surface area (Å²) in [6.45, 7) is 7.15. The first-order valence-electron chi connectivity index (χ1n) is 11.3. The summed E-state index contributed by atoms with van der Waals surface area (Å²) >= 11 is 0. The van der Waals surface area contributed by atoms with Crippen molar-refractivity contribution in [1.29, 1.82) is 0 Å². The van der Waals surface area contributed by atoms with E-state index in [0.717, 1.165) is 60.9 Å². The standard InChI is InChI=1S/C25H28N8/c1-3-33-18-22(24(30-33)19-5-4-11-26-17-19)23-10-12-27-25(29-23)28-20-6-8-21(9-7-20)32-15-13-31(2)14-16-32/h4-12,17-18H,3,13-16H2,1-2H3,(H,27,28,29). The van der Waals surface area contributed by atoms with Crippen LogP contribution in [0.2, 0.25) is 0 Å². The molecule has 1 aliphatic heterocycles. The molecule has 5 rings (SSSR count). The summed E-state index contributed by atoms with van der Waals surface area (Å²) in [6.07, 6.45) is 7.40. The lowest BCUT2D eigenvalue weighted by Crippen LogP contribution is -2.44. The molecule has 1 aromatic carbocycles. The molecule has 1 aliphatic rings. The second kappa shape index (κ2) is 9.38. The van der Waals surface area contributed by atoms with Crippen molar-refractivity contribution in [2.24, 2.45) is 0 Å². The Kier molecular flexibility index (Phi) is 5.99. The number of hydrogen-bond acceptors (Lipinski definition) is 7. The van der Waals surface area contributed by atoms with E-state index < -0.39 is 0 Å². The second-order valence-corrected chi connectivity index (χ2v) is 8.22. The molecule has 168 valence electrons. The van der Waals surface area contributed by atoms with Crippen LogP contribution in [0, 0.1) is 0 Å². The fourth-order valence-corrected chi connectivity index (χ4v) is 4.01. The minimum atomic E-state index is 0.557. The Morgan fingerprint density at radius 3 is 2.52 bits per heavy atom. The molecular weight excluding hydrogens is 412 g/mol. The van der Waals surface area contributed by atoms with Gasteiger partial charge in [-0.3, -0.25) is 9.67 Å². The third-order valence-electron chi connectivity index (χ3n) is 5.94. The van der Waals surface area contributed by atoms with Crippen LogP contribution in [0.4, 0.5) is 17.3 Å². The Bertz CT molecular complexity index is 1190. The summed E-state index contributed by atoms with van der Waals surface area (Å²) in [6, 6.07) is 14.3. The Balaban J connectivity index is 1.37. The lowest BCUT2D eigenvalue weighted by Gasteiger charge is -2.34. The molecule has 0 radical (unpaired) electrons. The maximum Gasteiger partial charge on any atom is 0.227 e. The van der Waals surface area contributed by atoms with Crippen LogP contribution in [0.3, 0.4) is 0 Å². The molecule has 0 saturated carbocycles. The van der Waals surface area contributed by atoms with E-state index in [-0.39, 0.29) is 0 Å². The fraction of sp³-hybridized carbons (Fsp3) is 0.280. The Morgan fingerprint density at radius 1 is 0.970 bits per heavy atom. The number of piperazine rings is 1. The van der Waals surface area contributed by atoms with Crippen molar-refractivity contribution >= 4 is 17.3 Å². The van der Waals surface area contributed by atoms with E-state index in [9.17, 15) is 0 Å². The van der Waals surface area contributed by atoms with Crippen LogP contribution in [0.25, 0.3) is 22.5 Å². The Hall–Kier alpha value is -3.78. The molecule has 0 bridgehead atoms. The van der Waals surface area contributed by atoms with E-state index in [0.29, 0.717) is 5.95 Å². The molecule has 4 aromatic rings. The second-order valence-electron chi connectivity index (χ2n) is 8.22. The summed E-state index contributed by atoms with van der Waals surface area (Å²) < 4.78 is 1.92. The first-order chi connectivity index (χ1) is 16.2. The molecule has 8 nitrogen and oxygen atoms in total. The number of pyridine rings is 1. The van der Waals surface area contributed by atoms with Gasteiger partial charge in [0.05, 0.1) is 5.69 Å². The van der Waals surface area contributed by atoms with Gasteiger partial charge in [0.15, 0.2) is 0 Å². The summed E-state index contributed by atoms with van der Waals surface area (Å²) in [7, 11) is 2.17. The summed E-state index contributed by atoms with van der Waals surface area (Å²) in [5.41, 5.74) is 5.82. The molecule has 0 spiro atoms. The topological polar surface area (TPSA) is 75.0 Å². The Morgan fingerprint density at radius 2 is 1.79 bits per heavy atom. The van der Waals surface area contributed by atoms with Crippen LogP contribution in [-0.2, 0) is 6.54 Å². The third kappa shape index (κ3) is 4.70. The van der Waals surface area contributed by atoms with Gasteiger partial charge in [-0.05, 0) is 56.4 Å². The van der Waals surface area contributed by atoms with Crippen molar-refractivity contribution in [2.45, 2.75) is 13.5 Å². The highest BCUT2D eigenvalue weighted by Crippen LogP contribution is 2.30. The van der Waals surface area contributed by atoms with Gasteiger partial charge >= 0.3 is 0 Å². The largest absolute Gasteiger partial charge is 0.369 e. The number of aryl methyl sites for hydroxylation is 1. The molecule has 1 N–H and O–H groups in total. The molecule has 8 heteroatoms. The van der Waals surface area contributed by atoms with Crippen LogP contribution in [0.1, 0.15) is 6.92 Å². The smallest absolute Gasteiger partial charge is 0.227 e. The van der Waals surface area contributed by atoms with Gasteiger partial charge in [0.2, 0.25) is 5.95 Å². The zero-order valence-electron chi connectivity index (χ0n) is 19.0. The van der Waals surface area contributed by atoms with Gasteiger partial charge < -0.3 is 15.1 Å². The van der Waals surface area contributed by atoms with Gasteiger partial charge in [-0.25, -0.2) is 9.97 Å². The van der Waals surface area contributed by atoms with Gasteiger partial charge in [-0.1, -0.05) is 0 Å². The van der Waals surface area contributed by atoms with Gasteiger partial charge in [-0.2, -0.15) is 5.10 Å². The van der Waals surface area contributed by atoms with E-state index in [2.05, 4.69) is 63.3 Å². The Labute approximate surface area is 193 Å². The number of hydrogen-bond donors (Lipinski definition) is 1. The van der Waals surface area contributed by atoms with Crippen LogP contribution in [-0.4, -0.2) is 62.9 Å². The van der Waals surface area contributed by atoms with Gasteiger partial charge in [0.1, 0.15) is 5.69 Å². The van der Waals surface area contributed by atoms with E-state index in [1.807, 2.05) is 35.3 Å². The number of rotatable bonds is 6. The highest BCUT2D eigenvalue weighted by atomic mass is 15.3. The predicted molar refractivity (Wildman–Crippen MR) is 132 cm³/mol. The average Bonchev–Trinajstić information content (AvgIpc) is 3.31. The van der Waals surface area contributed by atoms with Crippen LogP contribution >= 0.6 is 0 Å². The average molecular weight is 441 g/mol. The highest BCUT2D eigenvalue weighted by molar-refractivity contribution is 5.78. The first kappa shape index (κ1) is 21.1. The van der Waals surface area contributed by atoms with Gasteiger partial charge in [-0.15, -0.1) is 0 Å². The number of nitrogens with one attached hydrogen (secondary N) is 1. The first-order valence-corrected chi connectivity index (χ1v) is 11.3. The molecule has 0 atom stereocenters. The molecule has 33 heavy (non-hydrogen) atoms. The van der Waals surface area contributed by atoms with Crippen LogP contribution in [0.5, 0.6) is 0 Å². The SMILES string of the molecule is CCn1cc(-c2ccnc(Nc3ccc(N4CCN(C)CC4)cc3)n2)c(-c2cccnc2)n1. The molecule has 0 aliphatic carbocycles. The van der Waals surface area contributed by atoms with E-state index in [1.54, 1.807) is 12.4 Å². The quantitative estimate of drug-likeness (QED) is 0.487. The lowest BCUT2D eigenvalue weighted by atomic mass is 10.1. The van der Waals surface area contributed by atoms with Crippen molar-refractivity contribution in [2.75, 3.05) is 43.4 Å².